The Balaban J connectivity index is 2.05. The van der Waals surface area contributed by atoms with Crippen molar-refractivity contribution in [1.29, 1.82) is 0 Å². The van der Waals surface area contributed by atoms with Crippen LogP contribution < -0.4 is 14.4 Å². The molecule has 2 amide bonds. The molecule has 0 saturated carbocycles. The molecule has 0 fully saturated rings. The van der Waals surface area contributed by atoms with Crippen LogP contribution in [0.15, 0.2) is 77.7 Å². The molecule has 3 aromatic carbocycles. The lowest BCUT2D eigenvalue weighted by Crippen LogP contribution is -2.52. The summed E-state index contributed by atoms with van der Waals surface area (Å²) in [6.07, 6.45) is 0.362. The summed E-state index contributed by atoms with van der Waals surface area (Å²) in [5.41, 5.74) is 2.83. The summed E-state index contributed by atoms with van der Waals surface area (Å²) in [6.45, 7) is 9.65. The van der Waals surface area contributed by atoms with Crippen LogP contribution >= 0.6 is 0 Å². The summed E-state index contributed by atoms with van der Waals surface area (Å²) in [6, 6.07) is 20.1. The highest BCUT2D eigenvalue weighted by atomic mass is 32.2. The van der Waals surface area contributed by atoms with Gasteiger partial charge in [0.05, 0.1) is 17.7 Å². The number of nitrogens with zero attached hydrogens (tertiary/aromatic N) is 2. The van der Waals surface area contributed by atoms with E-state index in [2.05, 4.69) is 5.32 Å². The summed E-state index contributed by atoms with van der Waals surface area (Å²) in [7, 11) is -2.53. The molecule has 0 aromatic heterocycles. The zero-order chi connectivity index (χ0) is 30.2. The van der Waals surface area contributed by atoms with Crippen molar-refractivity contribution in [3.05, 3.63) is 89.5 Å². The van der Waals surface area contributed by atoms with Crippen molar-refractivity contribution >= 4 is 27.5 Å². The molecule has 0 aliphatic carbocycles. The van der Waals surface area contributed by atoms with Crippen LogP contribution in [0.1, 0.15) is 43.9 Å². The smallest absolute Gasteiger partial charge is 0.264 e. The molecule has 9 heteroatoms. The van der Waals surface area contributed by atoms with Gasteiger partial charge in [0.1, 0.15) is 18.3 Å². The van der Waals surface area contributed by atoms with E-state index >= 15 is 0 Å². The fourth-order valence-electron chi connectivity index (χ4n) is 4.46. The van der Waals surface area contributed by atoms with Gasteiger partial charge in [-0.05, 0) is 67.6 Å². The van der Waals surface area contributed by atoms with Crippen LogP contribution in [-0.2, 0) is 26.2 Å². The summed E-state index contributed by atoms with van der Waals surface area (Å²) in [5, 5.41) is 2.94. The van der Waals surface area contributed by atoms with Crippen LogP contribution in [-0.4, -0.2) is 51.4 Å². The Morgan fingerprint density at radius 2 is 1.56 bits per heavy atom. The molecular formula is C32H41N3O5S. The molecule has 41 heavy (non-hydrogen) atoms. The molecule has 3 aromatic rings. The van der Waals surface area contributed by atoms with Crippen LogP contribution in [0.3, 0.4) is 0 Å². The lowest BCUT2D eigenvalue weighted by atomic mass is 10.1. The van der Waals surface area contributed by atoms with E-state index in [1.165, 1.54) is 4.90 Å². The molecule has 1 unspecified atom stereocenters. The number of hydrogen-bond acceptors (Lipinski definition) is 5. The number of ether oxygens (including phenoxy) is 1. The molecular weight excluding hydrogens is 538 g/mol. The van der Waals surface area contributed by atoms with Gasteiger partial charge in [-0.15, -0.1) is 0 Å². The van der Waals surface area contributed by atoms with Crippen LogP contribution in [0.2, 0.25) is 0 Å². The van der Waals surface area contributed by atoms with E-state index in [0.29, 0.717) is 30.0 Å². The number of anilines is 1. The second-order valence-corrected chi connectivity index (χ2v) is 12.4. The molecule has 0 aliphatic heterocycles. The van der Waals surface area contributed by atoms with Gasteiger partial charge in [0.25, 0.3) is 10.0 Å². The van der Waals surface area contributed by atoms with Gasteiger partial charge in [-0.25, -0.2) is 8.42 Å². The first-order valence-electron chi connectivity index (χ1n) is 13.8. The second kappa shape index (κ2) is 14.2. The SMILES string of the molecule is CCC(C(=O)NCC(C)C)N(Cc1ccc(OC)cc1)C(=O)CN(c1ccccc1C)S(=O)(=O)c1ccc(C)cc1. The number of para-hydroxylation sites is 1. The first kappa shape index (κ1) is 31.7. The third-order valence-corrected chi connectivity index (χ3v) is 8.63. The molecule has 220 valence electrons. The Kier molecular flexibility index (Phi) is 10.9. The average molecular weight is 580 g/mol. The van der Waals surface area contributed by atoms with Crippen LogP contribution in [0.4, 0.5) is 5.69 Å². The van der Waals surface area contributed by atoms with Gasteiger partial charge in [-0.3, -0.25) is 13.9 Å². The number of aryl methyl sites for hydroxylation is 2. The number of methoxy groups -OCH3 is 1. The largest absolute Gasteiger partial charge is 0.497 e. The molecule has 0 heterocycles. The molecule has 1 atom stereocenters. The van der Waals surface area contributed by atoms with Gasteiger partial charge in [-0.1, -0.05) is 68.8 Å². The van der Waals surface area contributed by atoms with E-state index in [1.54, 1.807) is 68.6 Å². The number of hydrogen-bond donors (Lipinski definition) is 1. The Bertz CT molecular complexity index is 1420. The summed E-state index contributed by atoms with van der Waals surface area (Å²) < 4.78 is 34.4. The molecule has 0 aliphatic rings. The van der Waals surface area contributed by atoms with E-state index in [4.69, 9.17) is 4.74 Å². The normalized spacial score (nSPS) is 12.1. The maximum absolute atomic E-state index is 14.2. The minimum Gasteiger partial charge on any atom is -0.497 e. The minimum atomic E-state index is -4.11. The molecule has 0 radical (unpaired) electrons. The number of amides is 2. The van der Waals surface area contributed by atoms with Crippen molar-refractivity contribution < 1.29 is 22.7 Å². The highest BCUT2D eigenvalue weighted by molar-refractivity contribution is 7.92. The number of benzene rings is 3. The predicted octanol–water partition coefficient (Wildman–Crippen LogP) is 5.09. The maximum Gasteiger partial charge on any atom is 0.264 e. The molecule has 0 bridgehead atoms. The Morgan fingerprint density at radius 1 is 0.927 bits per heavy atom. The molecule has 8 nitrogen and oxygen atoms in total. The van der Waals surface area contributed by atoms with Crippen molar-refractivity contribution in [1.82, 2.24) is 10.2 Å². The summed E-state index contributed by atoms with van der Waals surface area (Å²) in [4.78, 5) is 29.0. The predicted molar refractivity (Wildman–Crippen MR) is 162 cm³/mol. The minimum absolute atomic E-state index is 0.0857. The van der Waals surface area contributed by atoms with E-state index in [-0.39, 0.29) is 23.3 Å². The molecule has 0 saturated heterocycles. The molecule has 3 rings (SSSR count). The summed E-state index contributed by atoms with van der Waals surface area (Å²) >= 11 is 0. The number of sulfonamides is 1. The number of carbonyl (C=O) groups is 2. The van der Waals surface area contributed by atoms with E-state index < -0.39 is 28.5 Å². The monoisotopic (exact) mass is 579 g/mol. The van der Waals surface area contributed by atoms with Gasteiger partial charge in [0.2, 0.25) is 11.8 Å². The topological polar surface area (TPSA) is 96.0 Å². The van der Waals surface area contributed by atoms with E-state index in [1.807, 2.05) is 45.9 Å². The van der Waals surface area contributed by atoms with Crippen molar-refractivity contribution in [2.75, 3.05) is 24.5 Å². The number of rotatable bonds is 13. The van der Waals surface area contributed by atoms with Crippen LogP contribution in [0.25, 0.3) is 0 Å². The van der Waals surface area contributed by atoms with Crippen molar-refractivity contribution in [2.45, 2.75) is 58.5 Å². The third kappa shape index (κ3) is 8.10. The van der Waals surface area contributed by atoms with Gasteiger partial charge >= 0.3 is 0 Å². The average Bonchev–Trinajstić information content (AvgIpc) is 2.95. The lowest BCUT2D eigenvalue weighted by Gasteiger charge is -2.33. The lowest BCUT2D eigenvalue weighted by molar-refractivity contribution is -0.140. The quantitative estimate of drug-likeness (QED) is 0.305. The van der Waals surface area contributed by atoms with Crippen molar-refractivity contribution in [3.63, 3.8) is 0 Å². The molecule has 0 spiro atoms. The van der Waals surface area contributed by atoms with Gasteiger partial charge < -0.3 is 15.0 Å². The van der Waals surface area contributed by atoms with Crippen molar-refractivity contribution in [2.24, 2.45) is 5.92 Å². The van der Waals surface area contributed by atoms with Crippen LogP contribution in [0.5, 0.6) is 5.75 Å². The number of nitrogens with one attached hydrogen (secondary N) is 1. The van der Waals surface area contributed by atoms with Gasteiger partial charge in [-0.2, -0.15) is 0 Å². The Morgan fingerprint density at radius 3 is 2.12 bits per heavy atom. The Labute approximate surface area is 244 Å². The second-order valence-electron chi connectivity index (χ2n) is 10.5. The van der Waals surface area contributed by atoms with Gasteiger partial charge in [0.15, 0.2) is 0 Å². The fraction of sp³-hybridized carbons (Fsp3) is 0.375. The first-order chi connectivity index (χ1) is 19.5. The standard InChI is InChI=1S/C32H41N3O5S/c1-7-29(32(37)33-20-23(2)3)34(21-26-14-16-27(40-6)17-15-26)31(36)22-35(30-11-9-8-10-25(30)5)41(38,39)28-18-12-24(4)13-19-28/h8-19,23,29H,7,20-22H2,1-6H3,(H,33,37). The Hall–Kier alpha value is -3.85. The zero-order valence-electron chi connectivity index (χ0n) is 24.8. The maximum atomic E-state index is 14.2. The zero-order valence-corrected chi connectivity index (χ0v) is 25.6. The third-order valence-electron chi connectivity index (χ3n) is 6.85. The summed E-state index contributed by atoms with van der Waals surface area (Å²) in [5.74, 6) is 0.153. The number of carbonyl (C=O) groups excluding carboxylic acids is 2. The first-order valence-corrected chi connectivity index (χ1v) is 15.3. The highest BCUT2D eigenvalue weighted by Crippen LogP contribution is 2.28. The molecule has 1 N–H and O–H groups in total. The highest BCUT2D eigenvalue weighted by Gasteiger charge is 2.34. The van der Waals surface area contributed by atoms with Crippen LogP contribution in [0, 0.1) is 19.8 Å². The van der Waals surface area contributed by atoms with E-state index in [9.17, 15) is 18.0 Å². The van der Waals surface area contributed by atoms with E-state index in [0.717, 1.165) is 15.4 Å². The van der Waals surface area contributed by atoms with Gasteiger partial charge in [0, 0.05) is 13.1 Å². The van der Waals surface area contributed by atoms with Crippen molar-refractivity contribution in [3.8, 4) is 5.75 Å². The fourth-order valence-corrected chi connectivity index (χ4v) is 5.94.